The van der Waals surface area contributed by atoms with Crippen LogP contribution in [0.25, 0.3) is 6.08 Å². The molecule has 0 bridgehead atoms. The minimum absolute atomic E-state index is 0.0721. The topological polar surface area (TPSA) is 79.2 Å². The van der Waals surface area contributed by atoms with Gasteiger partial charge in [0.25, 0.3) is 5.91 Å². The van der Waals surface area contributed by atoms with E-state index in [1.807, 2.05) is 19.9 Å². The normalized spacial score (nSPS) is 16.4. The van der Waals surface area contributed by atoms with E-state index in [2.05, 4.69) is 20.9 Å². The number of carboxylic acid groups (broad SMARTS) is 1. The number of hydrogen-bond acceptors (Lipinski definition) is 5. The molecule has 1 aliphatic heterocycles. The molecule has 2 aromatic rings. The van der Waals surface area contributed by atoms with Crippen LogP contribution in [0.1, 0.15) is 35.3 Å². The molecule has 1 heterocycles. The molecule has 2 aromatic carbocycles. The summed E-state index contributed by atoms with van der Waals surface area (Å²) < 4.78 is 6.49. The lowest BCUT2D eigenvalue weighted by atomic mass is 10.1. The molecule has 0 saturated carbocycles. The number of benzene rings is 2. The van der Waals surface area contributed by atoms with Gasteiger partial charge in [0.05, 0.1) is 20.0 Å². The summed E-state index contributed by atoms with van der Waals surface area (Å²) >= 11 is 11.3. The highest BCUT2D eigenvalue weighted by Gasteiger charge is 2.31. The van der Waals surface area contributed by atoms with Crippen LogP contribution in [0.5, 0.6) is 5.75 Å². The van der Waals surface area contributed by atoms with Gasteiger partial charge in [0, 0.05) is 13.1 Å². The fourth-order valence-electron chi connectivity index (χ4n) is 2.89. The van der Waals surface area contributed by atoms with Gasteiger partial charge >= 0.3 is 5.97 Å². The van der Waals surface area contributed by atoms with Crippen molar-refractivity contribution in [2.75, 3.05) is 13.1 Å². The van der Waals surface area contributed by atoms with Crippen LogP contribution >= 0.6 is 39.3 Å². The Morgan fingerprint density at radius 2 is 2.00 bits per heavy atom. The van der Waals surface area contributed by atoms with Gasteiger partial charge in [-0.2, -0.15) is 0 Å². The van der Waals surface area contributed by atoms with E-state index in [4.69, 9.17) is 21.4 Å². The van der Waals surface area contributed by atoms with Crippen LogP contribution in [0.3, 0.4) is 0 Å². The molecule has 0 atom stereocenters. The van der Waals surface area contributed by atoms with Gasteiger partial charge in [0.1, 0.15) is 6.61 Å². The van der Waals surface area contributed by atoms with Crippen molar-refractivity contribution in [2.24, 2.45) is 4.99 Å². The first-order valence-electron chi connectivity index (χ1n) is 9.54. The Hall–Kier alpha value is -2.29. The van der Waals surface area contributed by atoms with Crippen LogP contribution in [0.4, 0.5) is 0 Å². The molecule has 3 rings (SSSR count). The summed E-state index contributed by atoms with van der Waals surface area (Å²) in [5, 5.41) is 10.1. The highest BCUT2D eigenvalue weighted by atomic mass is 79.9. The number of rotatable bonds is 7. The lowest BCUT2D eigenvalue weighted by Gasteiger charge is -2.12. The standard InChI is InChI=1S/C22H20BrClN2O4S/c1-3-25-22-26(4-2)20(27)18(31-22)11-14-9-16(23)19(17(24)10-14)30-12-13-5-7-15(8-6-13)21(28)29/h5-11H,3-4,12H2,1-2H3,(H,28,29)/b18-11-,25-22?. The molecule has 1 N–H and O–H groups in total. The molecule has 0 unspecified atom stereocenters. The number of carbonyl (C=O) groups excluding carboxylic acids is 1. The number of hydrogen-bond donors (Lipinski definition) is 1. The summed E-state index contributed by atoms with van der Waals surface area (Å²) in [5.41, 5.74) is 1.79. The third-order valence-electron chi connectivity index (χ3n) is 4.40. The van der Waals surface area contributed by atoms with E-state index in [9.17, 15) is 9.59 Å². The van der Waals surface area contributed by atoms with Crippen LogP contribution < -0.4 is 4.74 Å². The summed E-state index contributed by atoms with van der Waals surface area (Å²) in [7, 11) is 0. The molecule has 0 aromatic heterocycles. The zero-order valence-electron chi connectivity index (χ0n) is 16.9. The maximum absolute atomic E-state index is 12.6. The summed E-state index contributed by atoms with van der Waals surface area (Å²) in [6.07, 6.45) is 1.79. The Kier molecular flexibility index (Phi) is 7.80. The second-order valence-corrected chi connectivity index (χ2v) is 8.79. The molecule has 0 aliphatic carbocycles. The van der Waals surface area contributed by atoms with Gasteiger partial charge in [0.2, 0.25) is 0 Å². The van der Waals surface area contributed by atoms with E-state index >= 15 is 0 Å². The van der Waals surface area contributed by atoms with E-state index < -0.39 is 5.97 Å². The van der Waals surface area contributed by atoms with Crippen molar-refractivity contribution in [2.45, 2.75) is 20.5 Å². The minimum Gasteiger partial charge on any atom is -0.486 e. The SMILES string of the molecule is CCN=C1S/C(=C\c2cc(Cl)c(OCc3ccc(C(=O)O)cc3)c(Br)c2)C(=O)N1CC. The Morgan fingerprint density at radius 3 is 2.58 bits per heavy atom. The number of amides is 1. The van der Waals surface area contributed by atoms with Gasteiger partial charge in [-0.25, -0.2) is 4.79 Å². The second-order valence-electron chi connectivity index (χ2n) is 6.52. The van der Waals surface area contributed by atoms with Crippen LogP contribution in [-0.4, -0.2) is 40.1 Å². The molecule has 1 fully saturated rings. The molecule has 31 heavy (non-hydrogen) atoms. The molecule has 1 saturated heterocycles. The predicted octanol–water partition coefficient (Wildman–Crippen LogP) is 5.69. The Labute approximate surface area is 198 Å². The molecule has 0 radical (unpaired) electrons. The number of thioether (sulfide) groups is 1. The van der Waals surface area contributed by atoms with Crippen molar-refractivity contribution in [1.82, 2.24) is 4.90 Å². The molecular formula is C22H20BrClN2O4S. The largest absolute Gasteiger partial charge is 0.486 e. The zero-order valence-corrected chi connectivity index (χ0v) is 20.1. The number of likely N-dealkylation sites (N-methyl/N-ethyl adjacent to an activating group) is 1. The molecule has 1 amide bonds. The number of carboxylic acids is 1. The molecule has 162 valence electrons. The minimum atomic E-state index is -0.975. The van der Waals surface area contributed by atoms with Gasteiger partial charge in [-0.05, 0) is 83.0 Å². The first-order chi connectivity index (χ1) is 14.8. The summed E-state index contributed by atoms with van der Waals surface area (Å²) in [6, 6.07) is 10.0. The predicted molar refractivity (Wildman–Crippen MR) is 128 cm³/mol. The fourth-order valence-corrected chi connectivity index (χ4v) is 4.98. The number of aliphatic imine (C=N–C) groups is 1. The number of ether oxygens (including phenoxy) is 1. The number of nitrogens with zero attached hydrogens (tertiary/aromatic N) is 2. The van der Waals surface area contributed by atoms with Crippen LogP contribution in [0, 0.1) is 0 Å². The van der Waals surface area contributed by atoms with E-state index in [1.165, 1.54) is 23.9 Å². The van der Waals surface area contributed by atoms with Gasteiger partial charge in [-0.15, -0.1) is 0 Å². The van der Waals surface area contributed by atoms with Crippen LogP contribution in [0.2, 0.25) is 5.02 Å². The highest BCUT2D eigenvalue weighted by molar-refractivity contribution is 9.10. The zero-order chi connectivity index (χ0) is 22.5. The van der Waals surface area contributed by atoms with Crippen molar-refractivity contribution in [1.29, 1.82) is 0 Å². The Balaban J connectivity index is 1.77. The van der Waals surface area contributed by atoms with Crippen molar-refractivity contribution < 1.29 is 19.4 Å². The van der Waals surface area contributed by atoms with Crippen molar-refractivity contribution in [3.8, 4) is 5.75 Å². The first kappa shape index (κ1) is 23.4. The second kappa shape index (κ2) is 10.3. The maximum Gasteiger partial charge on any atom is 0.335 e. The van der Waals surface area contributed by atoms with Crippen molar-refractivity contribution in [3.63, 3.8) is 0 Å². The maximum atomic E-state index is 12.6. The lowest BCUT2D eigenvalue weighted by molar-refractivity contribution is -0.122. The van der Waals surface area contributed by atoms with E-state index in [0.717, 1.165) is 11.1 Å². The number of amidine groups is 1. The molecule has 6 nitrogen and oxygen atoms in total. The van der Waals surface area contributed by atoms with E-state index in [-0.39, 0.29) is 18.1 Å². The average Bonchev–Trinajstić information content (AvgIpc) is 3.02. The van der Waals surface area contributed by atoms with E-state index in [0.29, 0.717) is 38.4 Å². The number of halogens is 2. The summed E-state index contributed by atoms with van der Waals surface area (Å²) in [5.74, 6) is -0.575. The van der Waals surface area contributed by atoms with Gasteiger partial charge < -0.3 is 9.84 Å². The fraction of sp³-hybridized carbons (Fsp3) is 0.227. The molecule has 9 heteroatoms. The third-order valence-corrected chi connectivity index (χ3v) is 6.31. The number of carbonyl (C=O) groups is 2. The van der Waals surface area contributed by atoms with Gasteiger partial charge in [-0.1, -0.05) is 23.7 Å². The Bertz CT molecular complexity index is 1050. The Morgan fingerprint density at radius 1 is 1.29 bits per heavy atom. The summed E-state index contributed by atoms with van der Waals surface area (Å²) in [6.45, 7) is 5.26. The van der Waals surface area contributed by atoms with E-state index in [1.54, 1.807) is 29.2 Å². The molecular weight excluding hydrogens is 504 g/mol. The van der Waals surface area contributed by atoms with Gasteiger partial charge in [0.15, 0.2) is 10.9 Å². The van der Waals surface area contributed by atoms with Crippen LogP contribution in [-0.2, 0) is 11.4 Å². The highest BCUT2D eigenvalue weighted by Crippen LogP contribution is 2.38. The van der Waals surface area contributed by atoms with Crippen molar-refractivity contribution in [3.05, 3.63) is 67.5 Å². The molecule has 0 spiro atoms. The first-order valence-corrected chi connectivity index (χ1v) is 11.5. The number of aromatic carboxylic acids is 1. The average molecular weight is 524 g/mol. The third kappa shape index (κ3) is 5.50. The van der Waals surface area contributed by atoms with Gasteiger partial charge in [-0.3, -0.25) is 14.7 Å². The monoisotopic (exact) mass is 522 g/mol. The van der Waals surface area contributed by atoms with Crippen LogP contribution in [0.15, 0.2) is 50.8 Å². The quantitative estimate of drug-likeness (QED) is 0.472. The lowest BCUT2D eigenvalue weighted by Crippen LogP contribution is -2.28. The summed E-state index contributed by atoms with van der Waals surface area (Å²) in [4.78, 5) is 30.2. The molecule has 1 aliphatic rings. The van der Waals surface area contributed by atoms with Crippen molar-refractivity contribution >= 4 is 62.4 Å². The smallest absolute Gasteiger partial charge is 0.335 e.